The molecule has 0 spiro atoms. The lowest BCUT2D eigenvalue weighted by Gasteiger charge is -2.21. The van der Waals surface area contributed by atoms with Crippen LogP contribution in [-0.4, -0.2) is 68.9 Å². The maximum atomic E-state index is 16.0. The first-order valence-electron chi connectivity index (χ1n) is 40.3. The van der Waals surface area contributed by atoms with E-state index in [-0.39, 0.29) is 22.9 Å². The second-order valence-electron chi connectivity index (χ2n) is 30.1. The Morgan fingerprint density at radius 2 is 0.437 bits per heavy atom. The van der Waals surface area contributed by atoms with Gasteiger partial charge in [-0.3, -0.25) is 0 Å². The number of hydrogen-bond acceptors (Lipinski definition) is 13. The third kappa shape index (κ3) is 14.5. The van der Waals surface area contributed by atoms with Crippen molar-refractivity contribution in [3.63, 3.8) is 0 Å². The van der Waals surface area contributed by atoms with Crippen molar-refractivity contribution in [3.8, 4) is 176 Å². The van der Waals surface area contributed by atoms with Gasteiger partial charge in [-0.2, -0.15) is 31.6 Å². The van der Waals surface area contributed by atoms with Crippen molar-refractivity contribution in [2.45, 2.75) is 12.4 Å². The summed E-state index contributed by atoms with van der Waals surface area (Å²) < 4.78 is 96.3. The smallest absolute Gasteiger partial charge is 0.309 e. The van der Waals surface area contributed by atoms with E-state index >= 15 is 13.2 Å². The van der Waals surface area contributed by atoms with E-state index in [0.717, 1.165) is 50.6 Å². The number of halogens is 6. The number of rotatable bonds is 16. The molecule has 0 bridgehead atoms. The van der Waals surface area contributed by atoms with Gasteiger partial charge in [-0.25, -0.2) is 59.8 Å². The van der Waals surface area contributed by atoms with Crippen LogP contribution in [0.25, 0.3) is 214 Å². The number of benzene rings is 15. The lowest BCUT2D eigenvalue weighted by molar-refractivity contribution is -0.142. The van der Waals surface area contributed by atoms with Gasteiger partial charge in [-0.1, -0.05) is 267 Å². The predicted octanol–water partition coefficient (Wildman–Crippen LogP) is 25.9. The zero-order valence-corrected chi connectivity index (χ0v) is 66.2. The first-order valence-corrected chi connectivity index (χ1v) is 40.3. The van der Waals surface area contributed by atoms with Crippen molar-refractivity contribution in [3.05, 3.63) is 387 Å². The van der Waals surface area contributed by atoms with Crippen LogP contribution < -0.4 is 0 Å². The summed E-state index contributed by atoms with van der Waals surface area (Å²) in [5.74, 6) is 4.76. The van der Waals surface area contributed by atoms with Gasteiger partial charge in [0.15, 0.2) is 69.9 Å². The number of aromatic nitrogens is 14. The van der Waals surface area contributed by atoms with Gasteiger partial charge in [0, 0.05) is 99.4 Å². The summed E-state index contributed by atoms with van der Waals surface area (Å²) in [6.07, 6.45) is -10.4. The number of nitriles is 1. The minimum absolute atomic E-state index is 0.0716. The van der Waals surface area contributed by atoms with Gasteiger partial charge < -0.3 is 9.13 Å². The highest BCUT2D eigenvalue weighted by Gasteiger charge is 2.39. The van der Waals surface area contributed by atoms with E-state index in [4.69, 9.17) is 59.8 Å². The van der Waals surface area contributed by atoms with Crippen molar-refractivity contribution in [2.24, 2.45) is 0 Å². The number of hydrogen-bond donors (Lipinski definition) is 0. The Balaban J connectivity index is 0.841. The van der Waals surface area contributed by atoms with E-state index in [9.17, 15) is 18.4 Å². The topological polar surface area (TPSA) is 188 Å². The molecule has 0 aliphatic carbocycles. The largest absolute Gasteiger partial charge is 0.417 e. The Kier molecular flexibility index (Phi) is 19.1. The predicted molar refractivity (Wildman–Crippen MR) is 479 cm³/mol. The molecule has 0 aliphatic rings. The van der Waals surface area contributed by atoms with Gasteiger partial charge in [0.25, 0.3) is 0 Å². The van der Waals surface area contributed by atoms with Crippen LogP contribution in [0.3, 0.4) is 0 Å². The Hall–Kier alpha value is -17.0. The quantitative estimate of drug-likeness (QED) is 0.0832. The van der Waals surface area contributed by atoms with Gasteiger partial charge in [-0.05, 0) is 114 Å². The minimum atomic E-state index is -5.28. The lowest BCUT2D eigenvalue weighted by atomic mass is 9.92. The molecule has 21 heteroatoms. The molecule has 6 heterocycles. The summed E-state index contributed by atoms with van der Waals surface area (Å²) in [7, 11) is 0. The number of alkyl halides is 6. The summed E-state index contributed by atoms with van der Waals surface area (Å²) >= 11 is 0. The molecular formula is C105H61F6N15. The van der Waals surface area contributed by atoms with E-state index in [1.165, 1.54) is 6.07 Å². The molecule has 0 fully saturated rings. The molecule has 0 saturated carbocycles. The molecule has 126 heavy (non-hydrogen) atoms. The zero-order chi connectivity index (χ0) is 85.2. The SMILES string of the molecule is N#Cc1ccc(-c2ccc(-c3ccc(C(F)(F)F)cc3C(F)(F)F)cc2-n2c3ccc(-c4nc(-c5ccccc5)nc(-c5ccccc5)n4)cc3c3cc(-c4nc(-c5ccccc5)nc(-c5ccccc5)n4)ccc32)c(-n2c3ccc(-c4nc(-c5ccccc5)nc(-c5ccccc5)n4)cc3c3cc(-c4nc(-c5ccccc5)nc(-c5ccccc5)n4)ccc32)c1. The minimum Gasteiger partial charge on any atom is -0.309 e. The van der Waals surface area contributed by atoms with Crippen LogP contribution in [0, 0.1) is 11.3 Å². The van der Waals surface area contributed by atoms with Gasteiger partial charge in [0.05, 0.1) is 56.2 Å². The Morgan fingerprint density at radius 1 is 0.206 bits per heavy atom. The lowest BCUT2D eigenvalue weighted by Crippen LogP contribution is -2.12. The highest BCUT2D eigenvalue weighted by Crippen LogP contribution is 2.48. The van der Waals surface area contributed by atoms with Gasteiger partial charge in [0.2, 0.25) is 0 Å². The Morgan fingerprint density at radius 3 is 0.683 bits per heavy atom. The Bertz CT molecular complexity index is 7250. The van der Waals surface area contributed by atoms with Crippen molar-refractivity contribution in [1.82, 2.24) is 68.9 Å². The molecule has 598 valence electrons. The monoisotopic (exact) mass is 1650 g/mol. The summed E-state index contributed by atoms with van der Waals surface area (Å²) in [5, 5.41) is 13.9. The van der Waals surface area contributed by atoms with E-state index in [2.05, 4.69) is 10.6 Å². The highest BCUT2D eigenvalue weighted by atomic mass is 19.4. The summed E-state index contributed by atoms with van der Waals surface area (Å²) in [6.45, 7) is 0. The number of nitrogens with zero attached hydrogens (tertiary/aromatic N) is 15. The van der Waals surface area contributed by atoms with Crippen LogP contribution in [0.15, 0.2) is 370 Å². The fourth-order valence-electron chi connectivity index (χ4n) is 16.2. The van der Waals surface area contributed by atoms with Crippen LogP contribution in [0.2, 0.25) is 0 Å². The van der Waals surface area contributed by atoms with Gasteiger partial charge >= 0.3 is 12.4 Å². The maximum Gasteiger partial charge on any atom is 0.417 e. The molecule has 0 saturated heterocycles. The van der Waals surface area contributed by atoms with Crippen LogP contribution in [0.1, 0.15) is 16.7 Å². The molecule has 21 aromatic rings. The Labute approximate surface area is 715 Å². The number of fused-ring (bicyclic) bond motifs is 6. The fraction of sp³-hybridized carbons (Fsp3) is 0.0190. The molecule has 21 rings (SSSR count). The van der Waals surface area contributed by atoms with E-state index < -0.39 is 29.0 Å². The van der Waals surface area contributed by atoms with Crippen LogP contribution in [0.5, 0.6) is 0 Å². The second kappa shape index (κ2) is 31.5. The molecular weight excluding hydrogens is 1590 g/mol. The van der Waals surface area contributed by atoms with Gasteiger partial charge in [0.1, 0.15) is 0 Å². The standard InChI is InChI=1S/C105H61F6N15/c106-104(107,108)77-47-50-78(85(61-77)105(109,110)111)72-42-49-80(91(60-72)126-88-53-45-75(102-121-96(68-33-17-5-18-34-68)115-97(122-102)69-35-19-6-20-36-69)58-83(88)84-59-76(46-54-89(84)126)103-123-98(70-37-21-7-22-38-70)116-99(124-103)71-39-23-8-24-40-71)79-48-41-63(62-112)55-90(79)125-86-51-43-73(100-117-92(64-25-9-1-10-26-64)113-93(118-100)65-27-11-2-12-28-65)56-81(86)82-57-74(44-52-87(82)125)101-119-94(66-29-13-3-14-30-66)114-95(120-101)67-31-15-4-16-32-67/h1-61H. The molecule has 15 aromatic carbocycles. The van der Waals surface area contributed by atoms with Crippen molar-refractivity contribution >= 4 is 43.6 Å². The first-order chi connectivity index (χ1) is 61.6. The summed E-state index contributed by atoms with van der Waals surface area (Å²) in [6, 6.07) is 114. The van der Waals surface area contributed by atoms with Crippen molar-refractivity contribution < 1.29 is 26.3 Å². The first kappa shape index (κ1) is 76.4. The fourth-order valence-corrected chi connectivity index (χ4v) is 16.2. The van der Waals surface area contributed by atoms with Crippen molar-refractivity contribution in [2.75, 3.05) is 0 Å². The zero-order valence-electron chi connectivity index (χ0n) is 66.2. The normalized spacial score (nSPS) is 11.7. The van der Waals surface area contributed by atoms with Crippen LogP contribution >= 0.6 is 0 Å². The second-order valence-corrected chi connectivity index (χ2v) is 30.1. The molecule has 0 N–H and O–H groups in total. The van der Waals surface area contributed by atoms with E-state index in [1.807, 2.05) is 326 Å². The highest BCUT2D eigenvalue weighted by molar-refractivity contribution is 6.14. The molecule has 15 nitrogen and oxygen atoms in total. The van der Waals surface area contributed by atoms with E-state index in [1.54, 1.807) is 24.3 Å². The maximum absolute atomic E-state index is 16.0. The molecule has 6 aromatic heterocycles. The van der Waals surface area contributed by atoms with Gasteiger partial charge in [-0.15, -0.1) is 0 Å². The van der Waals surface area contributed by atoms with E-state index in [0.29, 0.717) is 159 Å². The molecule has 0 amide bonds. The molecule has 0 aliphatic heterocycles. The molecule has 0 unspecified atom stereocenters. The summed E-state index contributed by atoms with van der Waals surface area (Å²) in [5.41, 5.74) is 9.00. The molecule has 0 radical (unpaired) electrons. The average molecular weight is 1650 g/mol. The third-order valence-corrected chi connectivity index (χ3v) is 22.2. The average Bonchev–Trinajstić information content (AvgIpc) is 1.55. The summed E-state index contributed by atoms with van der Waals surface area (Å²) in [4.78, 5) is 61.5. The van der Waals surface area contributed by atoms with Crippen LogP contribution in [-0.2, 0) is 12.4 Å². The third-order valence-electron chi connectivity index (χ3n) is 22.2. The van der Waals surface area contributed by atoms with Crippen molar-refractivity contribution in [1.29, 1.82) is 5.26 Å². The van der Waals surface area contributed by atoms with Crippen LogP contribution in [0.4, 0.5) is 26.3 Å². The molecule has 0 atom stereocenters.